The molecule has 0 spiro atoms. The Hall–Kier alpha value is -0.430. The molecular formula is C11H19BrN4O. The lowest BCUT2D eigenvalue weighted by atomic mass is 10.2. The zero-order valence-corrected chi connectivity index (χ0v) is 11.9. The Bertz CT molecular complexity index is 393. The lowest BCUT2D eigenvalue weighted by Crippen LogP contribution is -2.45. The summed E-state index contributed by atoms with van der Waals surface area (Å²) >= 11 is 3.59. The first kappa shape index (κ1) is 13.0. The molecule has 1 fully saturated rings. The number of ether oxygens (including phenoxy) is 1. The maximum Gasteiger partial charge on any atom is 0.0824 e. The number of hydrogen-bond donors (Lipinski definition) is 1. The molecule has 2 heterocycles. The van der Waals surface area contributed by atoms with Crippen molar-refractivity contribution in [2.24, 2.45) is 12.8 Å². The van der Waals surface area contributed by atoms with Crippen LogP contribution in [0.1, 0.15) is 11.4 Å². The summed E-state index contributed by atoms with van der Waals surface area (Å²) in [7, 11) is 1.98. The summed E-state index contributed by atoms with van der Waals surface area (Å²) in [4.78, 5) is 2.36. The topological polar surface area (TPSA) is 56.3 Å². The Morgan fingerprint density at radius 2 is 2.35 bits per heavy atom. The lowest BCUT2D eigenvalue weighted by molar-refractivity contribution is -0.0267. The van der Waals surface area contributed by atoms with Crippen molar-refractivity contribution in [1.82, 2.24) is 14.7 Å². The minimum absolute atomic E-state index is 0.164. The van der Waals surface area contributed by atoms with Gasteiger partial charge in [0.1, 0.15) is 0 Å². The van der Waals surface area contributed by atoms with Crippen molar-refractivity contribution in [3.05, 3.63) is 15.9 Å². The third kappa shape index (κ3) is 2.88. The molecule has 1 atom stereocenters. The molecule has 1 aliphatic rings. The van der Waals surface area contributed by atoms with E-state index in [4.69, 9.17) is 10.5 Å². The summed E-state index contributed by atoms with van der Waals surface area (Å²) in [5, 5.41) is 4.40. The lowest BCUT2D eigenvalue weighted by Gasteiger charge is -2.32. The Labute approximate surface area is 110 Å². The molecule has 1 aromatic rings. The molecule has 17 heavy (non-hydrogen) atoms. The number of morpholine rings is 1. The monoisotopic (exact) mass is 302 g/mol. The molecule has 2 rings (SSSR count). The maximum absolute atomic E-state index is 5.64. The minimum Gasteiger partial charge on any atom is -0.374 e. The standard InChI is InChI=1S/C11H19BrN4O/c1-8-11(12)10(15(2)14-8)7-16-3-4-17-9(5-13)6-16/h9H,3-7,13H2,1-2H3. The van der Waals surface area contributed by atoms with Crippen LogP contribution in [0.25, 0.3) is 0 Å². The number of halogens is 1. The predicted octanol–water partition coefficient (Wildman–Crippen LogP) is 0.651. The molecule has 1 aromatic heterocycles. The van der Waals surface area contributed by atoms with Gasteiger partial charge in [-0.2, -0.15) is 5.10 Å². The average Bonchev–Trinajstić information content (AvgIpc) is 2.56. The smallest absolute Gasteiger partial charge is 0.0824 e. The fourth-order valence-electron chi connectivity index (χ4n) is 2.13. The van der Waals surface area contributed by atoms with Crippen molar-refractivity contribution in [2.45, 2.75) is 19.6 Å². The van der Waals surface area contributed by atoms with Gasteiger partial charge in [-0.05, 0) is 22.9 Å². The number of nitrogens with zero attached hydrogens (tertiary/aromatic N) is 3. The van der Waals surface area contributed by atoms with E-state index in [0.29, 0.717) is 6.54 Å². The van der Waals surface area contributed by atoms with Gasteiger partial charge in [-0.25, -0.2) is 0 Å². The zero-order chi connectivity index (χ0) is 12.4. The van der Waals surface area contributed by atoms with E-state index in [1.54, 1.807) is 0 Å². The molecule has 0 saturated carbocycles. The molecule has 0 amide bonds. The van der Waals surface area contributed by atoms with Crippen LogP contribution in [-0.4, -0.2) is 47.0 Å². The van der Waals surface area contributed by atoms with Gasteiger partial charge in [0.2, 0.25) is 0 Å². The van der Waals surface area contributed by atoms with Gasteiger partial charge in [-0.3, -0.25) is 9.58 Å². The van der Waals surface area contributed by atoms with E-state index < -0.39 is 0 Å². The minimum atomic E-state index is 0.164. The van der Waals surface area contributed by atoms with Crippen LogP contribution in [0, 0.1) is 6.92 Å². The third-order valence-corrected chi connectivity index (χ3v) is 4.15. The van der Waals surface area contributed by atoms with E-state index >= 15 is 0 Å². The highest BCUT2D eigenvalue weighted by Gasteiger charge is 2.21. The van der Waals surface area contributed by atoms with E-state index in [-0.39, 0.29) is 6.10 Å². The van der Waals surface area contributed by atoms with Crippen LogP contribution in [0.3, 0.4) is 0 Å². The van der Waals surface area contributed by atoms with Crippen molar-refractivity contribution >= 4 is 15.9 Å². The maximum atomic E-state index is 5.64. The van der Waals surface area contributed by atoms with Crippen LogP contribution in [0.5, 0.6) is 0 Å². The van der Waals surface area contributed by atoms with Gasteiger partial charge in [0.15, 0.2) is 0 Å². The molecular weight excluding hydrogens is 284 g/mol. The highest BCUT2D eigenvalue weighted by Crippen LogP contribution is 2.22. The quantitative estimate of drug-likeness (QED) is 0.891. The average molecular weight is 303 g/mol. The van der Waals surface area contributed by atoms with E-state index in [1.807, 2.05) is 18.7 Å². The number of nitrogens with two attached hydrogens (primary N) is 1. The molecule has 1 unspecified atom stereocenters. The normalized spacial score (nSPS) is 22.0. The van der Waals surface area contributed by atoms with E-state index in [1.165, 1.54) is 5.69 Å². The van der Waals surface area contributed by atoms with Gasteiger partial charge in [0, 0.05) is 33.2 Å². The highest BCUT2D eigenvalue weighted by molar-refractivity contribution is 9.10. The second kappa shape index (κ2) is 5.48. The van der Waals surface area contributed by atoms with Crippen molar-refractivity contribution in [3.8, 4) is 0 Å². The van der Waals surface area contributed by atoms with Crippen LogP contribution >= 0.6 is 15.9 Å². The van der Waals surface area contributed by atoms with Crippen LogP contribution in [-0.2, 0) is 18.3 Å². The van der Waals surface area contributed by atoms with Crippen LogP contribution < -0.4 is 5.73 Å². The largest absolute Gasteiger partial charge is 0.374 e. The van der Waals surface area contributed by atoms with Gasteiger partial charge in [-0.1, -0.05) is 0 Å². The fraction of sp³-hybridized carbons (Fsp3) is 0.727. The Kier molecular flexibility index (Phi) is 4.19. The summed E-state index contributed by atoms with van der Waals surface area (Å²) < 4.78 is 8.60. The second-order valence-electron chi connectivity index (χ2n) is 4.43. The molecule has 5 nitrogen and oxygen atoms in total. The number of hydrogen-bond acceptors (Lipinski definition) is 4. The van der Waals surface area contributed by atoms with E-state index in [2.05, 4.69) is 25.9 Å². The van der Waals surface area contributed by atoms with Crippen molar-refractivity contribution in [2.75, 3.05) is 26.2 Å². The van der Waals surface area contributed by atoms with Crippen LogP contribution in [0.4, 0.5) is 0 Å². The van der Waals surface area contributed by atoms with Gasteiger partial charge in [-0.15, -0.1) is 0 Å². The Morgan fingerprint density at radius 1 is 1.59 bits per heavy atom. The van der Waals surface area contributed by atoms with E-state index in [9.17, 15) is 0 Å². The molecule has 1 saturated heterocycles. The molecule has 0 radical (unpaired) electrons. The summed E-state index contributed by atoms with van der Waals surface area (Å²) in [5.41, 5.74) is 7.89. The molecule has 6 heteroatoms. The van der Waals surface area contributed by atoms with Crippen molar-refractivity contribution in [3.63, 3.8) is 0 Å². The Balaban J connectivity index is 2.05. The van der Waals surface area contributed by atoms with Gasteiger partial charge in [0.25, 0.3) is 0 Å². The van der Waals surface area contributed by atoms with Gasteiger partial charge >= 0.3 is 0 Å². The molecule has 2 N–H and O–H groups in total. The zero-order valence-electron chi connectivity index (χ0n) is 10.3. The first-order chi connectivity index (χ1) is 8.11. The first-order valence-electron chi connectivity index (χ1n) is 5.83. The SMILES string of the molecule is Cc1nn(C)c(CN2CCOC(CN)C2)c1Br. The van der Waals surface area contributed by atoms with Crippen molar-refractivity contribution < 1.29 is 4.74 Å². The summed E-state index contributed by atoms with van der Waals surface area (Å²) in [6.45, 7) is 6.09. The van der Waals surface area contributed by atoms with Gasteiger partial charge < -0.3 is 10.5 Å². The molecule has 0 aliphatic carbocycles. The molecule has 0 aromatic carbocycles. The fourth-order valence-corrected chi connectivity index (χ4v) is 2.59. The number of aryl methyl sites for hydroxylation is 2. The van der Waals surface area contributed by atoms with Crippen LogP contribution in [0.15, 0.2) is 4.47 Å². The molecule has 0 bridgehead atoms. The summed E-state index contributed by atoms with van der Waals surface area (Å²) in [6.07, 6.45) is 0.164. The molecule has 1 aliphatic heterocycles. The Morgan fingerprint density at radius 3 is 2.94 bits per heavy atom. The summed E-state index contributed by atoms with van der Waals surface area (Å²) in [5.74, 6) is 0. The van der Waals surface area contributed by atoms with Gasteiger partial charge in [0.05, 0.1) is 28.6 Å². The van der Waals surface area contributed by atoms with E-state index in [0.717, 1.165) is 36.4 Å². The second-order valence-corrected chi connectivity index (χ2v) is 5.23. The number of rotatable bonds is 3. The van der Waals surface area contributed by atoms with Crippen LogP contribution in [0.2, 0.25) is 0 Å². The predicted molar refractivity (Wildman–Crippen MR) is 69.7 cm³/mol. The molecule has 96 valence electrons. The number of aromatic nitrogens is 2. The first-order valence-corrected chi connectivity index (χ1v) is 6.63. The summed E-state index contributed by atoms with van der Waals surface area (Å²) in [6, 6.07) is 0. The third-order valence-electron chi connectivity index (χ3n) is 3.12. The van der Waals surface area contributed by atoms with Crippen molar-refractivity contribution in [1.29, 1.82) is 0 Å². The highest BCUT2D eigenvalue weighted by atomic mass is 79.9.